The molecule has 0 spiro atoms. The van der Waals surface area contributed by atoms with Crippen LogP contribution < -0.4 is 0 Å². The van der Waals surface area contributed by atoms with Crippen LogP contribution in [-0.2, 0) is 4.74 Å². The number of fused-ring (bicyclic) bond motifs is 1. The van der Waals surface area contributed by atoms with E-state index < -0.39 is 6.09 Å². The lowest BCUT2D eigenvalue weighted by Crippen LogP contribution is -2.41. The number of likely N-dealkylation sites (tertiary alicyclic amines) is 1. The number of amides is 1. The highest BCUT2D eigenvalue weighted by molar-refractivity contribution is 5.66. The highest BCUT2D eigenvalue weighted by atomic mass is 16.6. The molecule has 5 heteroatoms. The summed E-state index contributed by atoms with van der Waals surface area (Å²) in [5.74, 6) is 0. The molecule has 1 amide bonds. The van der Waals surface area contributed by atoms with Crippen molar-refractivity contribution in [3.63, 3.8) is 0 Å². The van der Waals surface area contributed by atoms with E-state index in [1.54, 1.807) is 0 Å². The summed E-state index contributed by atoms with van der Waals surface area (Å²) in [6.07, 6.45) is -0.973. The predicted molar refractivity (Wildman–Crippen MR) is 34.3 cm³/mol. The molecule has 2 N–H and O–H groups in total. The van der Waals surface area contributed by atoms with Gasteiger partial charge in [0.15, 0.2) is 0 Å². The molecule has 0 bridgehead atoms. The summed E-state index contributed by atoms with van der Waals surface area (Å²) >= 11 is 0. The van der Waals surface area contributed by atoms with Gasteiger partial charge in [-0.25, -0.2) is 4.79 Å². The van der Waals surface area contributed by atoms with Crippen molar-refractivity contribution in [1.82, 2.24) is 4.90 Å². The molecule has 0 saturated carbocycles. The Kier molecular flexibility index (Phi) is 1.30. The molecule has 0 aliphatic carbocycles. The Morgan fingerprint density at radius 1 is 1.73 bits per heavy atom. The number of hydrogen-bond donors (Lipinski definition) is 2. The zero-order valence-corrected chi connectivity index (χ0v) is 5.80. The number of aliphatic hydroxyl groups excluding tert-OH is 1. The van der Waals surface area contributed by atoms with Gasteiger partial charge in [0.1, 0.15) is 12.2 Å². The van der Waals surface area contributed by atoms with Crippen LogP contribution in [0.4, 0.5) is 4.79 Å². The molecule has 2 aliphatic rings. The van der Waals surface area contributed by atoms with Gasteiger partial charge in [0.05, 0.1) is 19.2 Å². The van der Waals surface area contributed by atoms with Gasteiger partial charge in [0.25, 0.3) is 0 Å². The molecule has 2 rings (SSSR count). The van der Waals surface area contributed by atoms with Gasteiger partial charge in [0, 0.05) is 0 Å². The Labute approximate surface area is 63.2 Å². The van der Waals surface area contributed by atoms with Crippen molar-refractivity contribution in [3.8, 4) is 0 Å². The van der Waals surface area contributed by atoms with E-state index in [-0.39, 0.29) is 24.9 Å². The summed E-state index contributed by atoms with van der Waals surface area (Å²) in [5, 5.41) is 17.4. The molecule has 0 radical (unpaired) electrons. The van der Waals surface area contributed by atoms with E-state index in [2.05, 4.69) is 0 Å². The van der Waals surface area contributed by atoms with Gasteiger partial charge in [-0.1, -0.05) is 0 Å². The summed E-state index contributed by atoms with van der Waals surface area (Å²) in [7, 11) is 0. The van der Waals surface area contributed by atoms with E-state index in [0.717, 1.165) is 0 Å². The van der Waals surface area contributed by atoms with E-state index in [1.165, 1.54) is 4.90 Å². The lowest BCUT2D eigenvalue weighted by Gasteiger charge is -2.21. The Hall–Kier alpha value is -0.810. The number of nitrogens with zero attached hydrogens (tertiary/aromatic N) is 1. The topological polar surface area (TPSA) is 73.3 Å². The quantitative estimate of drug-likeness (QED) is 0.487. The first-order valence-corrected chi connectivity index (χ1v) is 3.50. The predicted octanol–water partition coefficient (Wildman–Crippen LogP) is -0.892. The second-order valence-electron chi connectivity index (χ2n) is 2.82. The van der Waals surface area contributed by atoms with Crippen molar-refractivity contribution in [2.24, 2.45) is 0 Å². The molecule has 2 saturated heterocycles. The number of carboxylic acid groups (broad SMARTS) is 1. The third-order valence-electron chi connectivity index (χ3n) is 2.21. The molecule has 0 unspecified atom stereocenters. The molecule has 11 heavy (non-hydrogen) atoms. The van der Waals surface area contributed by atoms with E-state index in [9.17, 15) is 4.79 Å². The summed E-state index contributed by atoms with van der Waals surface area (Å²) in [4.78, 5) is 11.7. The molecule has 0 aromatic heterocycles. The summed E-state index contributed by atoms with van der Waals surface area (Å²) in [6.45, 7) is 0.263. The molecule has 2 heterocycles. The second kappa shape index (κ2) is 2.09. The molecule has 5 nitrogen and oxygen atoms in total. The molecular formula is C6H9NO4. The molecule has 62 valence electrons. The number of rotatable bonds is 1. The fourth-order valence-corrected chi connectivity index (χ4v) is 1.57. The first-order valence-electron chi connectivity index (χ1n) is 3.50. The standard InChI is InChI=1S/C6H9NO4/c8-2-3-5-4(11-5)1-7(3)6(9)10/h3-5,8H,1-2H2,(H,9,10)/t3-,4+,5-/m0/s1. The third kappa shape index (κ3) is 0.883. The smallest absolute Gasteiger partial charge is 0.407 e. The lowest BCUT2D eigenvalue weighted by atomic mass is 10.2. The SMILES string of the molecule is O=C(O)N1C[C@H]2O[C@H]2[C@@H]1CO. The van der Waals surface area contributed by atoms with Crippen LogP contribution in [0.1, 0.15) is 0 Å². The van der Waals surface area contributed by atoms with Gasteiger partial charge in [-0.05, 0) is 0 Å². The normalized spacial score (nSPS) is 40.5. The summed E-state index contributed by atoms with van der Waals surface area (Å²) < 4.78 is 5.07. The maximum atomic E-state index is 10.5. The van der Waals surface area contributed by atoms with Crippen LogP contribution >= 0.6 is 0 Å². The number of aliphatic hydroxyl groups is 1. The van der Waals surface area contributed by atoms with Crippen molar-refractivity contribution in [2.45, 2.75) is 18.2 Å². The molecule has 2 aliphatic heterocycles. The van der Waals surface area contributed by atoms with E-state index in [4.69, 9.17) is 14.9 Å². The molecule has 2 fully saturated rings. The summed E-state index contributed by atoms with van der Waals surface area (Å²) in [6, 6.07) is -0.336. The Morgan fingerprint density at radius 3 is 2.91 bits per heavy atom. The maximum absolute atomic E-state index is 10.5. The fourth-order valence-electron chi connectivity index (χ4n) is 1.57. The van der Waals surface area contributed by atoms with Crippen LogP contribution in [0.3, 0.4) is 0 Å². The van der Waals surface area contributed by atoms with E-state index in [0.29, 0.717) is 6.54 Å². The number of ether oxygens (including phenoxy) is 1. The zero-order chi connectivity index (χ0) is 8.01. The number of epoxide rings is 1. The van der Waals surface area contributed by atoms with Gasteiger partial charge in [0.2, 0.25) is 0 Å². The minimum absolute atomic E-state index is 0.0447. The first kappa shape index (κ1) is 6.87. The van der Waals surface area contributed by atoms with Crippen LogP contribution in [0.2, 0.25) is 0 Å². The van der Waals surface area contributed by atoms with Gasteiger partial charge in [-0.15, -0.1) is 0 Å². The van der Waals surface area contributed by atoms with Crippen molar-refractivity contribution in [3.05, 3.63) is 0 Å². The monoisotopic (exact) mass is 159 g/mol. The summed E-state index contributed by atoms with van der Waals surface area (Å²) in [5.41, 5.74) is 0. The van der Waals surface area contributed by atoms with E-state index >= 15 is 0 Å². The van der Waals surface area contributed by atoms with Crippen LogP contribution in [0.25, 0.3) is 0 Å². The van der Waals surface area contributed by atoms with Gasteiger partial charge >= 0.3 is 6.09 Å². The first-order chi connectivity index (χ1) is 5.24. The lowest BCUT2D eigenvalue weighted by molar-refractivity contribution is 0.0799. The highest BCUT2D eigenvalue weighted by Crippen LogP contribution is 2.35. The highest BCUT2D eigenvalue weighted by Gasteiger charge is 2.55. The minimum atomic E-state index is -0.972. The second-order valence-corrected chi connectivity index (χ2v) is 2.82. The van der Waals surface area contributed by atoms with Crippen LogP contribution in [-0.4, -0.2) is 52.6 Å². The number of morpholine rings is 1. The van der Waals surface area contributed by atoms with Crippen molar-refractivity contribution < 1.29 is 19.7 Å². The van der Waals surface area contributed by atoms with Crippen molar-refractivity contribution >= 4 is 6.09 Å². The van der Waals surface area contributed by atoms with Crippen LogP contribution in [0, 0.1) is 0 Å². The van der Waals surface area contributed by atoms with Crippen LogP contribution in [0.5, 0.6) is 0 Å². The minimum Gasteiger partial charge on any atom is -0.465 e. The molecule has 0 aromatic carbocycles. The van der Waals surface area contributed by atoms with Gasteiger partial charge in [-0.2, -0.15) is 0 Å². The largest absolute Gasteiger partial charge is 0.465 e. The molecule has 3 atom stereocenters. The zero-order valence-electron chi connectivity index (χ0n) is 5.80. The fraction of sp³-hybridized carbons (Fsp3) is 0.833. The van der Waals surface area contributed by atoms with Crippen molar-refractivity contribution in [1.29, 1.82) is 0 Å². The van der Waals surface area contributed by atoms with Crippen LogP contribution in [0.15, 0.2) is 0 Å². The average Bonchev–Trinajstić information content (AvgIpc) is 2.63. The van der Waals surface area contributed by atoms with Crippen molar-refractivity contribution in [2.75, 3.05) is 13.2 Å². The average molecular weight is 159 g/mol. The molecular weight excluding hydrogens is 150 g/mol. The van der Waals surface area contributed by atoms with E-state index in [1.807, 2.05) is 0 Å². The third-order valence-corrected chi connectivity index (χ3v) is 2.21. The Bertz CT molecular complexity index is 195. The Morgan fingerprint density at radius 2 is 2.45 bits per heavy atom. The van der Waals surface area contributed by atoms with Gasteiger partial charge in [-0.3, -0.25) is 4.90 Å². The Balaban J connectivity index is 2.06. The molecule has 0 aromatic rings. The number of hydrogen-bond acceptors (Lipinski definition) is 3. The maximum Gasteiger partial charge on any atom is 0.407 e. The van der Waals surface area contributed by atoms with Gasteiger partial charge < -0.3 is 14.9 Å². The number of carbonyl (C=O) groups is 1.